The van der Waals surface area contributed by atoms with Gasteiger partial charge in [0.2, 0.25) is 5.91 Å². The summed E-state index contributed by atoms with van der Waals surface area (Å²) in [5, 5.41) is 15.5. The van der Waals surface area contributed by atoms with Crippen LogP contribution in [0.25, 0.3) is 0 Å². The number of halogens is 1. The normalized spacial score (nSPS) is 12.0. The number of nitrogens with zero attached hydrogens (tertiary/aromatic N) is 3. The van der Waals surface area contributed by atoms with E-state index in [0.29, 0.717) is 21.6 Å². The van der Waals surface area contributed by atoms with E-state index in [1.54, 1.807) is 24.3 Å². The number of rotatable bonds is 8. The van der Waals surface area contributed by atoms with E-state index in [2.05, 4.69) is 26.9 Å². The number of aromatic nitrogens is 3. The molecule has 3 rings (SSSR count). The largest absolute Gasteiger partial charge is 0.342 e. The summed E-state index contributed by atoms with van der Waals surface area (Å²) in [7, 11) is 1.83. The van der Waals surface area contributed by atoms with E-state index >= 15 is 0 Å². The van der Waals surface area contributed by atoms with Crippen LogP contribution in [0, 0.1) is 19.8 Å². The summed E-state index contributed by atoms with van der Waals surface area (Å²) in [6, 6.07) is 12.5. The molecule has 0 aliphatic carbocycles. The fraction of sp³-hybridized carbons (Fsp3) is 0.333. The molecule has 1 heterocycles. The minimum Gasteiger partial charge on any atom is -0.342 e. The zero-order valence-corrected chi connectivity index (χ0v) is 20.9. The van der Waals surface area contributed by atoms with Crippen LogP contribution in [-0.4, -0.2) is 32.3 Å². The average molecular weight is 486 g/mol. The summed E-state index contributed by atoms with van der Waals surface area (Å²) in [6.07, 6.45) is 0. The second-order valence-electron chi connectivity index (χ2n) is 8.29. The number of benzene rings is 2. The van der Waals surface area contributed by atoms with Crippen LogP contribution in [0.2, 0.25) is 5.02 Å². The van der Waals surface area contributed by atoms with E-state index in [1.165, 1.54) is 11.8 Å². The lowest BCUT2D eigenvalue weighted by Gasteiger charge is -2.22. The van der Waals surface area contributed by atoms with Gasteiger partial charge in [-0.15, -0.1) is 10.2 Å². The molecule has 0 saturated carbocycles. The maximum absolute atomic E-state index is 12.8. The van der Waals surface area contributed by atoms with Crippen molar-refractivity contribution in [1.82, 2.24) is 20.1 Å². The summed E-state index contributed by atoms with van der Waals surface area (Å²) in [4.78, 5) is 25.2. The Labute approximate surface area is 203 Å². The van der Waals surface area contributed by atoms with E-state index in [9.17, 15) is 9.59 Å². The molecule has 1 aromatic heterocycles. The Hall–Kier alpha value is -2.84. The van der Waals surface area contributed by atoms with Crippen molar-refractivity contribution >= 4 is 40.9 Å². The van der Waals surface area contributed by atoms with Crippen LogP contribution < -0.4 is 10.6 Å². The Morgan fingerprint density at radius 2 is 1.76 bits per heavy atom. The molecule has 0 fully saturated rings. The lowest BCUT2D eigenvalue weighted by atomic mass is 10.0. The van der Waals surface area contributed by atoms with Gasteiger partial charge in [0.15, 0.2) is 11.0 Å². The van der Waals surface area contributed by atoms with Crippen molar-refractivity contribution in [3.63, 3.8) is 0 Å². The molecular weight excluding hydrogens is 458 g/mol. The van der Waals surface area contributed by atoms with Crippen molar-refractivity contribution in [2.24, 2.45) is 13.0 Å². The first kappa shape index (κ1) is 24.8. The molecule has 0 spiro atoms. The van der Waals surface area contributed by atoms with E-state index in [4.69, 9.17) is 11.6 Å². The van der Waals surface area contributed by atoms with Crippen molar-refractivity contribution in [1.29, 1.82) is 0 Å². The SMILES string of the molecule is Cc1cc(C)cc(NC(=O)CSc2nnc(C(NC(=O)c3ccccc3Cl)C(C)C)n2C)c1. The molecule has 174 valence electrons. The van der Waals surface area contributed by atoms with Gasteiger partial charge in [0, 0.05) is 12.7 Å². The predicted octanol–water partition coefficient (Wildman–Crippen LogP) is 4.94. The molecule has 0 saturated heterocycles. The maximum atomic E-state index is 12.8. The summed E-state index contributed by atoms with van der Waals surface area (Å²) < 4.78 is 1.81. The number of aryl methyl sites for hydroxylation is 2. The predicted molar refractivity (Wildman–Crippen MR) is 133 cm³/mol. The number of carbonyl (C=O) groups excluding carboxylic acids is 2. The maximum Gasteiger partial charge on any atom is 0.253 e. The van der Waals surface area contributed by atoms with Crippen molar-refractivity contribution in [3.05, 3.63) is 70.0 Å². The molecule has 33 heavy (non-hydrogen) atoms. The van der Waals surface area contributed by atoms with Crippen LogP contribution in [0.5, 0.6) is 0 Å². The van der Waals surface area contributed by atoms with Gasteiger partial charge in [0.1, 0.15) is 0 Å². The van der Waals surface area contributed by atoms with Crippen molar-refractivity contribution in [3.8, 4) is 0 Å². The number of nitrogens with one attached hydrogen (secondary N) is 2. The summed E-state index contributed by atoms with van der Waals surface area (Å²) in [6.45, 7) is 7.98. The molecule has 2 aromatic carbocycles. The molecule has 1 atom stereocenters. The van der Waals surface area contributed by atoms with Crippen LogP contribution in [0.15, 0.2) is 47.6 Å². The van der Waals surface area contributed by atoms with Gasteiger partial charge in [0.05, 0.1) is 22.4 Å². The third kappa shape index (κ3) is 6.36. The first-order chi connectivity index (χ1) is 15.7. The van der Waals surface area contributed by atoms with Gasteiger partial charge in [0.25, 0.3) is 5.91 Å². The van der Waals surface area contributed by atoms with Crippen molar-refractivity contribution in [2.45, 2.75) is 38.9 Å². The summed E-state index contributed by atoms with van der Waals surface area (Å²) >= 11 is 7.47. The van der Waals surface area contributed by atoms with E-state index in [-0.39, 0.29) is 29.5 Å². The Morgan fingerprint density at radius 1 is 1.09 bits per heavy atom. The van der Waals surface area contributed by atoms with Gasteiger partial charge < -0.3 is 15.2 Å². The minimum atomic E-state index is -0.371. The number of amides is 2. The summed E-state index contributed by atoms with van der Waals surface area (Å²) in [5.74, 6) is 0.469. The molecule has 3 aromatic rings. The van der Waals surface area contributed by atoms with Crippen LogP contribution >= 0.6 is 23.4 Å². The average Bonchev–Trinajstić information content (AvgIpc) is 3.09. The smallest absolute Gasteiger partial charge is 0.253 e. The molecule has 7 nitrogen and oxygen atoms in total. The molecule has 0 aliphatic rings. The van der Waals surface area contributed by atoms with Crippen LogP contribution in [0.1, 0.15) is 47.2 Å². The zero-order valence-electron chi connectivity index (χ0n) is 19.3. The monoisotopic (exact) mass is 485 g/mol. The van der Waals surface area contributed by atoms with E-state index < -0.39 is 0 Å². The number of carbonyl (C=O) groups is 2. The van der Waals surface area contributed by atoms with Gasteiger partial charge in [-0.2, -0.15) is 0 Å². The highest BCUT2D eigenvalue weighted by Gasteiger charge is 2.26. The fourth-order valence-corrected chi connectivity index (χ4v) is 4.43. The van der Waals surface area contributed by atoms with E-state index in [0.717, 1.165) is 16.8 Å². The molecule has 0 radical (unpaired) electrons. The Morgan fingerprint density at radius 3 is 2.39 bits per heavy atom. The van der Waals surface area contributed by atoms with Gasteiger partial charge in [-0.1, -0.05) is 55.4 Å². The van der Waals surface area contributed by atoms with Crippen molar-refractivity contribution in [2.75, 3.05) is 11.1 Å². The van der Waals surface area contributed by atoms with Crippen LogP contribution in [0.3, 0.4) is 0 Å². The van der Waals surface area contributed by atoms with E-state index in [1.807, 2.05) is 51.4 Å². The lowest BCUT2D eigenvalue weighted by molar-refractivity contribution is -0.113. The Bertz CT molecular complexity index is 1140. The standard InChI is InChI=1S/C24H28ClN5O2S/c1-14(2)21(27-23(32)18-8-6-7-9-19(18)25)22-28-29-24(30(22)5)33-13-20(31)26-17-11-15(3)10-16(4)12-17/h6-12,14,21H,13H2,1-5H3,(H,26,31)(H,27,32). The topological polar surface area (TPSA) is 88.9 Å². The first-order valence-corrected chi connectivity index (χ1v) is 12.0. The van der Waals surface area contributed by atoms with Gasteiger partial charge in [-0.25, -0.2) is 0 Å². The highest BCUT2D eigenvalue weighted by atomic mass is 35.5. The molecule has 2 N–H and O–H groups in total. The third-order valence-electron chi connectivity index (χ3n) is 5.06. The summed E-state index contributed by atoms with van der Waals surface area (Å²) in [5.41, 5.74) is 3.37. The molecule has 0 aliphatic heterocycles. The minimum absolute atomic E-state index is 0.0602. The second kappa shape index (κ2) is 10.9. The fourth-order valence-electron chi connectivity index (χ4n) is 3.49. The quantitative estimate of drug-likeness (QED) is 0.441. The van der Waals surface area contributed by atoms with Gasteiger partial charge in [-0.05, 0) is 55.2 Å². The number of anilines is 1. The highest BCUT2D eigenvalue weighted by molar-refractivity contribution is 7.99. The third-order valence-corrected chi connectivity index (χ3v) is 6.41. The Balaban J connectivity index is 1.68. The first-order valence-electron chi connectivity index (χ1n) is 10.6. The van der Waals surface area contributed by atoms with Crippen LogP contribution in [0.4, 0.5) is 5.69 Å². The zero-order chi connectivity index (χ0) is 24.1. The van der Waals surface area contributed by atoms with Gasteiger partial charge in [-0.3, -0.25) is 9.59 Å². The van der Waals surface area contributed by atoms with Crippen LogP contribution in [-0.2, 0) is 11.8 Å². The number of thioether (sulfide) groups is 1. The van der Waals surface area contributed by atoms with Crippen molar-refractivity contribution < 1.29 is 9.59 Å². The highest BCUT2D eigenvalue weighted by Crippen LogP contribution is 2.25. The second-order valence-corrected chi connectivity index (χ2v) is 9.64. The molecule has 1 unspecified atom stereocenters. The molecular formula is C24H28ClN5O2S. The number of hydrogen-bond acceptors (Lipinski definition) is 5. The number of hydrogen-bond donors (Lipinski definition) is 2. The molecule has 2 amide bonds. The van der Waals surface area contributed by atoms with Gasteiger partial charge >= 0.3 is 0 Å². The Kier molecular flexibility index (Phi) is 8.15. The molecule has 0 bridgehead atoms. The molecule has 9 heteroatoms. The lowest BCUT2D eigenvalue weighted by Crippen LogP contribution is -2.33.